The number of hydrogen-bond donors (Lipinski definition) is 0. The van der Waals surface area contributed by atoms with Crippen LogP contribution in [0.25, 0.3) is 0 Å². The molecule has 0 saturated heterocycles. The number of rotatable bonds is 9. The standard InChI is InChI=1S/C12H25N/c1-4-7-8-9-12-13(10-5-2)11-6-3/h5H,2,4,6-12H2,1,3H3. The predicted octanol–water partition coefficient (Wildman–Crippen LogP) is 3.46. The molecule has 0 amide bonds. The summed E-state index contributed by atoms with van der Waals surface area (Å²) >= 11 is 0. The van der Waals surface area contributed by atoms with Crippen LogP contribution in [0, 0.1) is 0 Å². The second-order valence-corrected chi connectivity index (χ2v) is 3.65. The van der Waals surface area contributed by atoms with Gasteiger partial charge in [0.25, 0.3) is 0 Å². The Morgan fingerprint density at radius 3 is 2.31 bits per heavy atom. The van der Waals surface area contributed by atoms with Gasteiger partial charge in [-0.15, -0.1) is 6.58 Å². The van der Waals surface area contributed by atoms with Crippen molar-refractivity contribution in [1.29, 1.82) is 0 Å². The van der Waals surface area contributed by atoms with Crippen LogP contribution >= 0.6 is 0 Å². The quantitative estimate of drug-likeness (QED) is 0.391. The van der Waals surface area contributed by atoms with Crippen molar-refractivity contribution in [2.45, 2.75) is 46.0 Å². The monoisotopic (exact) mass is 183 g/mol. The van der Waals surface area contributed by atoms with Crippen LogP contribution in [0.2, 0.25) is 0 Å². The SMILES string of the molecule is C=CCN(CCC)CCCCCC. The van der Waals surface area contributed by atoms with E-state index in [-0.39, 0.29) is 0 Å². The molecule has 13 heavy (non-hydrogen) atoms. The Balaban J connectivity index is 3.38. The fourth-order valence-corrected chi connectivity index (χ4v) is 1.56. The third kappa shape index (κ3) is 8.04. The number of hydrogen-bond acceptors (Lipinski definition) is 1. The highest BCUT2D eigenvalue weighted by Crippen LogP contribution is 2.01. The van der Waals surface area contributed by atoms with Gasteiger partial charge in [-0.2, -0.15) is 0 Å². The van der Waals surface area contributed by atoms with Gasteiger partial charge < -0.3 is 0 Å². The molecule has 0 aromatic carbocycles. The summed E-state index contributed by atoms with van der Waals surface area (Å²) in [7, 11) is 0. The molecule has 0 bridgehead atoms. The largest absolute Gasteiger partial charge is 0.300 e. The smallest absolute Gasteiger partial charge is 0.0160 e. The minimum atomic E-state index is 1.06. The molecule has 0 heterocycles. The van der Waals surface area contributed by atoms with E-state index >= 15 is 0 Å². The summed E-state index contributed by atoms with van der Waals surface area (Å²) in [6.45, 7) is 11.8. The van der Waals surface area contributed by atoms with Crippen molar-refractivity contribution in [1.82, 2.24) is 4.90 Å². The molecule has 0 aromatic heterocycles. The van der Waals surface area contributed by atoms with E-state index in [4.69, 9.17) is 0 Å². The van der Waals surface area contributed by atoms with E-state index in [0.717, 1.165) is 6.54 Å². The highest BCUT2D eigenvalue weighted by molar-refractivity contribution is 4.72. The first-order valence-corrected chi connectivity index (χ1v) is 5.68. The lowest BCUT2D eigenvalue weighted by atomic mass is 10.2. The molecule has 0 spiro atoms. The first-order valence-electron chi connectivity index (χ1n) is 5.68. The molecule has 0 N–H and O–H groups in total. The Labute approximate surface area is 83.8 Å². The zero-order valence-electron chi connectivity index (χ0n) is 9.39. The van der Waals surface area contributed by atoms with Crippen LogP contribution in [-0.4, -0.2) is 24.5 Å². The van der Waals surface area contributed by atoms with Gasteiger partial charge in [0.05, 0.1) is 0 Å². The maximum atomic E-state index is 3.79. The Bertz CT molecular complexity index is 110. The molecule has 0 aromatic rings. The van der Waals surface area contributed by atoms with Crippen molar-refractivity contribution in [2.75, 3.05) is 19.6 Å². The van der Waals surface area contributed by atoms with Crippen LogP contribution in [0.5, 0.6) is 0 Å². The topological polar surface area (TPSA) is 3.24 Å². The Morgan fingerprint density at radius 2 is 1.77 bits per heavy atom. The molecule has 0 atom stereocenters. The zero-order valence-corrected chi connectivity index (χ0v) is 9.39. The number of nitrogens with zero attached hydrogens (tertiary/aromatic N) is 1. The van der Waals surface area contributed by atoms with Gasteiger partial charge in [0, 0.05) is 6.54 Å². The third-order valence-electron chi connectivity index (χ3n) is 2.26. The van der Waals surface area contributed by atoms with E-state index < -0.39 is 0 Å². The minimum Gasteiger partial charge on any atom is -0.300 e. The van der Waals surface area contributed by atoms with E-state index in [2.05, 4.69) is 25.3 Å². The third-order valence-corrected chi connectivity index (χ3v) is 2.26. The second kappa shape index (κ2) is 9.79. The maximum absolute atomic E-state index is 3.79. The van der Waals surface area contributed by atoms with Gasteiger partial charge in [-0.25, -0.2) is 0 Å². The summed E-state index contributed by atoms with van der Waals surface area (Å²) in [5.74, 6) is 0. The molecule has 1 heteroatoms. The Hall–Kier alpha value is -0.300. The van der Waals surface area contributed by atoms with E-state index in [1.165, 1.54) is 45.2 Å². The van der Waals surface area contributed by atoms with Crippen molar-refractivity contribution in [3.8, 4) is 0 Å². The Kier molecular flexibility index (Phi) is 9.56. The van der Waals surface area contributed by atoms with Gasteiger partial charge in [-0.1, -0.05) is 39.2 Å². The van der Waals surface area contributed by atoms with Crippen molar-refractivity contribution in [2.24, 2.45) is 0 Å². The normalized spacial score (nSPS) is 10.7. The highest BCUT2D eigenvalue weighted by atomic mass is 15.1. The van der Waals surface area contributed by atoms with E-state index in [9.17, 15) is 0 Å². The first-order chi connectivity index (χ1) is 6.35. The zero-order chi connectivity index (χ0) is 9.94. The second-order valence-electron chi connectivity index (χ2n) is 3.65. The number of unbranched alkanes of at least 4 members (excludes halogenated alkanes) is 3. The van der Waals surface area contributed by atoms with Crippen LogP contribution in [0.1, 0.15) is 46.0 Å². The molecule has 1 nitrogen and oxygen atoms in total. The summed E-state index contributed by atoms with van der Waals surface area (Å²) in [5.41, 5.74) is 0. The van der Waals surface area contributed by atoms with Gasteiger partial charge in [-0.3, -0.25) is 4.90 Å². The van der Waals surface area contributed by atoms with Gasteiger partial charge >= 0.3 is 0 Å². The molecule has 0 rings (SSSR count). The molecule has 0 aliphatic carbocycles. The molecular formula is C12H25N. The molecule has 0 radical (unpaired) electrons. The fraction of sp³-hybridized carbons (Fsp3) is 0.833. The summed E-state index contributed by atoms with van der Waals surface area (Å²) in [6.07, 6.45) is 8.70. The van der Waals surface area contributed by atoms with Crippen LogP contribution < -0.4 is 0 Å². The lowest BCUT2D eigenvalue weighted by molar-refractivity contribution is 0.295. The average molecular weight is 183 g/mol. The summed E-state index contributed by atoms with van der Waals surface area (Å²) in [6, 6.07) is 0. The summed E-state index contributed by atoms with van der Waals surface area (Å²) in [4.78, 5) is 2.49. The van der Waals surface area contributed by atoms with Gasteiger partial charge in [0.15, 0.2) is 0 Å². The van der Waals surface area contributed by atoms with Crippen LogP contribution in [0.15, 0.2) is 12.7 Å². The lowest BCUT2D eigenvalue weighted by Gasteiger charge is -2.19. The van der Waals surface area contributed by atoms with Crippen LogP contribution in [-0.2, 0) is 0 Å². The molecule has 0 aliphatic heterocycles. The first kappa shape index (κ1) is 12.7. The highest BCUT2D eigenvalue weighted by Gasteiger charge is 1.99. The molecular weight excluding hydrogens is 158 g/mol. The van der Waals surface area contributed by atoms with Crippen LogP contribution in [0.3, 0.4) is 0 Å². The summed E-state index contributed by atoms with van der Waals surface area (Å²) in [5, 5.41) is 0. The van der Waals surface area contributed by atoms with Crippen molar-refractivity contribution < 1.29 is 0 Å². The van der Waals surface area contributed by atoms with Gasteiger partial charge in [0.1, 0.15) is 0 Å². The van der Waals surface area contributed by atoms with E-state index in [1.807, 2.05) is 6.08 Å². The van der Waals surface area contributed by atoms with Crippen molar-refractivity contribution in [3.63, 3.8) is 0 Å². The molecule has 0 unspecified atom stereocenters. The van der Waals surface area contributed by atoms with Crippen molar-refractivity contribution >= 4 is 0 Å². The fourth-order valence-electron chi connectivity index (χ4n) is 1.56. The average Bonchev–Trinajstić information content (AvgIpc) is 2.13. The molecule has 0 aliphatic rings. The van der Waals surface area contributed by atoms with Crippen molar-refractivity contribution in [3.05, 3.63) is 12.7 Å². The van der Waals surface area contributed by atoms with Crippen LogP contribution in [0.4, 0.5) is 0 Å². The molecule has 78 valence electrons. The molecule has 0 saturated carbocycles. The predicted molar refractivity (Wildman–Crippen MR) is 61.1 cm³/mol. The maximum Gasteiger partial charge on any atom is 0.0160 e. The lowest BCUT2D eigenvalue weighted by Crippen LogP contribution is -2.25. The van der Waals surface area contributed by atoms with Gasteiger partial charge in [0.2, 0.25) is 0 Å². The van der Waals surface area contributed by atoms with Gasteiger partial charge in [-0.05, 0) is 25.9 Å². The Morgan fingerprint density at radius 1 is 1.00 bits per heavy atom. The molecule has 0 fully saturated rings. The summed E-state index contributed by atoms with van der Waals surface area (Å²) < 4.78 is 0. The minimum absolute atomic E-state index is 1.06. The van der Waals surface area contributed by atoms with E-state index in [0.29, 0.717) is 0 Å². The van der Waals surface area contributed by atoms with E-state index in [1.54, 1.807) is 0 Å².